The number of hydrogen-bond donors (Lipinski definition) is 1. The highest BCUT2D eigenvalue weighted by atomic mass is 19.1. The van der Waals surface area contributed by atoms with E-state index in [1.807, 2.05) is 37.3 Å². The standard InChI is InChI=1S/C11H12FN5.C10H12N2/c1-8(12)7-9(2)17-15-11(14-16-17)10-5-3-4-6-13-10;1-3-8(4-2)9-6-5-7-12-10(9)11/h3-8H,1-2H3;3-7H,1H2,2H3,(H2,11,12)/b9-7+;8-4+. The smallest absolute Gasteiger partial charge is 0.223 e. The van der Waals surface area contributed by atoms with Gasteiger partial charge in [-0.05, 0) is 61.9 Å². The molecule has 0 radical (unpaired) electrons. The van der Waals surface area contributed by atoms with Crippen LogP contribution in [0.15, 0.2) is 67.5 Å². The lowest BCUT2D eigenvalue weighted by atomic mass is 10.1. The second-order valence-corrected chi connectivity index (χ2v) is 5.99. The third-order valence-corrected chi connectivity index (χ3v) is 3.77. The van der Waals surface area contributed by atoms with Crippen LogP contribution in [0.5, 0.6) is 0 Å². The van der Waals surface area contributed by atoms with Crippen molar-refractivity contribution in [3.05, 3.63) is 73.1 Å². The molecule has 0 fully saturated rings. The molecule has 1 atom stereocenters. The molecule has 0 aromatic carbocycles. The summed E-state index contributed by atoms with van der Waals surface area (Å²) in [6.07, 6.45) is 7.44. The molecule has 0 aliphatic carbocycles. The van der Waals surface area contributed by atoms with E-state index < -0.39 is 6.17 Å². The van der Waals surface area contributed by atoms with Crippen LogP contribution in [0.1, 0.15) is 26.3 Å². The molecule has 0 spiro atoms. The van der Waals surface area contributed by atoms with Crippen LogP contribution < -0.4 is 5.73 Å². The van der Waals surface area contributed by atoms with Gasteiger partial charge in [-0.2, -0.15) is 0 Å². The number of tetrazole rings is 1. The molecule has 0 aliphatic heterocycles. The van der Waals surface area contributed by atoms with E-state index in [4.69, 9.17) is 5.73 Å². The van der Waals surface area contributed by atoms with Gasteiger partial charge in [-0.3, -0.25) is 4.98 Å². The largest absolute Gasteiger partial charge is 0.383 e. The quantitative estimate of drug-likeness (QED) is 0.653. The number of halogens is 1. The zero-order valence-electron chi connectivity index (χ0n) is 16.7. The van der Waals surface area contributed by atoms with E-state index in [2.05, 4.69) is 32.0 Å². The number of pyridine rings is 2. The molecular weight excluding hydrogens is 369 g/mol. The van der Waals surface area contributed by atoms with E-state index in [-0.39, 0.29) is 0 Å². The van der Waals surface area contributed by atoms with Crippen molar-refractivity contribution in [3.8, 4) is 11.5 Å². The van der Waals surface area contributed by atoms with Crippen molar-refractivity contribution in [3.63, 3.8) is 0 Å². The van der Waals surface area contributed by atoms with Crippen molar-refractivity contribution in [2.75, 3.05) is 5.73 Å². The van der Waals surface area contributed by atoms with Crippen LogP contribution in [0.4, 0.5) is 10.2 Å². The number of nitrogen functional groups attached to an aromatic ring is 1. The maximum Gasteiger partial charge on any atom is 0.223 e. The van der Waals surface area contributed by atoms with Crippen LogP contribution in [0.3, 0.4) is 0 Å². The highest BCUT2D eigenvalue weighted by Crippen LogP contribution is 2.19. The number of aromatic nitrogens is 6. The molecule has 2 N–H and O–H groups in total. The lowest BCUT2D eigenvalue weighted by Gasteiger charge is -2.03. The van der Waals surface area contributed by atoms with Crippen molar-refractivity contribution < 1.29 is 4.39 Å². The highest BCUT2D eigenvalue weighted by Gasteiger charge is 2.08. The van der Waals surface area contributed by atoms with Crippen LogP contribution >= 0.6 is 0 Å². The van der Waals surface area contributed by atoms with Crippen molar-refractivity contribution in [1.29, 1.82) is 0 Å². The van der Waals surface area contributed by atoms with Gasteiger partial charge in [0.1, 0.15) is 17.7 Å². The van der Waals surface area contributed by atoms with Crippen molar-refractivity contribution in [2.45, 2.75) is 26.9 Å². The Morgan fingerprint density at radius 3 is 2.55 bits per heavy atom. The third-order valence-electron chi connectivity index (χ3n) is 3.77. The summed E-state index contributed by atoms with van der Waals surface area (Å²) in [6.45, 7) is 8.81. The molecule has 7 nitrogen and oxygen atoms in total. The minimum atomic E-state index is -1.04. The zero-order valence-corrected chi connectivity index (χ0v) is 16.7. The first-order valence-corrected chi connectivity index (χ1v) is 9.00. The van der Waals surface area contributed by atoms with Gasteiger partial charge in [0, 0.05) is 18.0 Å². The van der Waals surface area contributed by atoms with Gasteiger partial charge >= 0.3 is 0 Å². The molecule has 0 bridgehead atoms. The number of rotatable bonds is 5. The molecule has 3 heterocycles. The zero-order chi connectivity index (χ0) is 21.2. The Labute approximate surface area is 169 Å². The number of alkyl halides is 1. The minimum absolute atomic E-state index is 0.421. The summed E-state index contributed by atoms with van der Waals surface area (Å²) in [7, 11) is 0. The number of nitrogens with zero attached hydrogens (tertiary/aromatic N) is 6. The molecule has 0 amide bonds. The fourth-order valence-electron chi connectivity index (χ4n) is 2.41. The predicted octanol–water partition coefficient (Wildman–Crippen LogP) is 4.21. The summed E-state index contributed by atoms with van der Waals surface area (Å²) in [4.78, 5) is 9.39. The molecule has 3 aromatic heterocycles. The van der Waals surface area contributed by atoms with E-state index >= 15 is 0 Å². The fraction of sp³-hybridized carbons (Fsp3) is 0.190. The summed E-state index contributed by atoms with van der Waals surface area (Å²) >= 11 is 0. The first kappa shape index (κ1) is 21.6. The van der Waals surface area contributed by atoms with Crippen LogP contribution in [0, 0.1) is 0 Å². The normalized spacial score (nSPS) is 12.7. The number of hydrogen-bond acceptors (Lipinski definition) is 6. The van der Waals surface area contributed by atoms with Crippen LogP contribution in [0.25, 0.3) is 22.8 Å². The maximum absolute atomic E-state index is 12.8. The van der Waals surface area contributed by atoms with E-state index in [1.54, 1.807) is 31.5 Å². The first-order valence-electron chi connectivity index (χ1n) is 9.00. The topological polar surface area (TPSA) is 95.4 Å². The van der Waals surface area contributed by atoms with Gasteiger partial charge in [0.2, 0.25) is 5.82 Å². The number of nitrogens with two attached hydrogens (primary N) is 1. The van der Waals surface area contributed by atoms with Crippen LogP contribution in [-0.4, -0.2) is 36.3 Å². The van der Waals surface area contributed by atoms with E-state index in [9.17, 15) is 4.39 Å². The van der Waals surface area contributed by atoms with E-state index in [0.29, 0.717) is 23.0 Å². The van der Waals surface area contributed by atoms with Crippen LogP contribution in [-0.2, 0) is 0 Å². The Bertz CT molecular complexity index is 991. The van der Waals surface area contributed by atoms with Gasteiger partial charge in [0.25, 0.3) is 0 Å². The average molecular weight is 393 g/mol. The maximum atomic E-state index is 12.8. The Morgan fingerprint density at radius 2 is 1.97 bits per heavy atom. The Morgan fingerprint density at radius 1 is 1.21 bits per heavy atom. The summed E-state index contributed by atoms with van der Waals surface area (Å²) in [5.74, 6) is 0.968. The van der Waals surface area contributed by atoms with Crippen LogP contribution in [0.2, 0.25) is 0 Å². The average Bonchev–Trinajstić information content (AvgIpc) is 3.21. The highest BCUT2D eigenvalue weighted by molar-refractivity contribution is 5.78. The summed E-state index contributed by atoms with van der Waals surface area (Å²) < 4.78 is 12.8. The minimum Gasteiger partial charge on any atom is -0.383 e. The van der Waals surface area contributed by atoms with Crippen molar-refractivity contribution >= 4 is 17.1 Å². The first-order chi connectivity index (χ1) is 14.0. The molecule has 8 heteroatoms. The van der Waals surface area contributed by atoms with Gasteiger partial charge in [-0.25, -0.2) is 9.37 Å². The molecule has 3 rings (SSSR count). The molecule has 0 saturated carbocycles. The van der Waals surface area contributed by atoms with Gasteiger partial charge in [-0.15, -0.1) is 15.0 Å². The summed E-state index contributed by atoms with van der Waals surface area (Å²) in [5, 5.41) is 11.8. The Hall–Kier alpha value is -3.68. The SMILES string of the molecule is C/C(=C\C(C)F)n1nnc(-c2ccccn2)n1.C=C/C(=C\C)c1cccnc1N. The van der Waals surface area contributed by atoms with Crippen molar-refractivity contribution in [1.82, 2.24) is 30.2 Å². The molecule has 1 unspecified atom stereocenters. The second kappa shape index (κ2) is 10.6. The van der Waals surface area contributed by atoms with Gasteiger partial charge in [0.15, 0.2) is 0 Å². The lowest BCUT2D eigenvalue weighted by molar-refractivity contribution is 0.429. The molecule has 29 heavy (non-hydrogen) atoms. The molecule has 3 aromatic rings. The second-order valence-electron chi connectivity index (χ2n) is 5.99. The molecule has 0 saturated heterocycles. The lowest BCUT2D eigenvalue weighted by Crippen LogP contribution is -2.01. The Kier molecular flexibility index (Phi) is 7.90. The van der Waals surface area contributed by atoms with Gasteiger partial charge in [-0.1, -0.05) is 24.8 Å². The number of anilines is 1. The van der Waals surface area contributed by atoms with Gasteiger partial charge < -0.3 is 5.73 Å². The van der Waals surface area contributed by atoms with Gasteiger partial charge in [0.05, 0.1) is 5.70 Å². The third kappa shape index (κ3) is 6.17. The molecule has 0 aliphatic rings. The van der Waals surface area contributed by atoms with E-state index in [1.165, 1.54) is 17.8 Å². The van der Waals surface area contributed by atoms with E-state index in [0.717, 1.165) is 11.1 Å². The number of allylic oxidation sites excluding steroid dienone is 5. The predicted molar refractivity (Wildman–Crippen MR) is 114 cm³/mol. The summed E-state index contributed by atoms with van der Waals surface area (Å²) in [6, 6.07) is 9.23. The monoisotopic (exact) mass is 393 g/mol. The Balaban J connectivity index is 0.000000221. The molecular formula is C21H24FN7. The fourth-order valence-corrected chi connectivity index (χ4v) is 2.41. The van der Waals surface area contributed by atoms with Crippen molar-refractivity contribution in [2.24, 2.45) is 0 Å². The summed E-state index contributed by atoms with van der Waals surface area (Å²) in [5.41, 5.74) is 8.86. The molecule has 150 valence electrons.